The van der Waals surface area contributed by atoms with Crippen molar-refractivity contribution in [3.05, 3.63) is 29.8 Å². The zero-order valence-corrected chi connectivity index (χ0v) is 10.2. The van der Waals surface area contributed by atoms with Gasteiger partial charge in [-0.25, -0.2) is 8.42 Å². The second-order valence-electron chi connectivity index (χ2n) is 4.55. The van der Waals surface area contributed by atoms with Gasteiger partial charge in [-0.15, -0.1) is 0 Å². The molecule has 1 aromatic rings. The lowest BCUT2D eigenvalue weighted by Gasteiger charge is -2.09. The molecule has 5 heteroatoms. The van der Waals surface area contributed by atoms with Crippen molar-refractivity contribution in [3.63, 3.8) is 0 Å². The summed E-state index contributed by atoms with van der Waals surface area (Å²) in [5.41, 5.74) is 0.979. The Labute approximate surface area is 99.5 Å². The summed E-state index contributed by atoms with van der Waals surface area (Å²) in [5.74, 6) is -0.303. The first-order chi connectivity index (χ1) is 7.98. The summed E-state index contributed by atoms with van der Waals surface area (Å²) in [7, 11) is -3.70. The van der Waals surface area contributed by atoms with Crippen LogP contribution in [0.25, 0.3) is 0 Å². The highest BCUT2D eigenvalue weighted by atomic mass is 32.2. The molecule has 17 heavy (non-hydrogen) atoms. The van der Waals surface area contributed by atoms with Crippen LogP contribution in [0.5, 0.6) is 0 Å². The van der Waals surface area contributed by atoms with E-state index in [4.69, 9.17) is 4.74 Å². The van der Waals surface area contributed by atoms with E-state index < -0.39 is 20.9 Å². The number of hydrogen-bond acceptors (Lipinski definition) is 4. The summed E-state index contributed by atoms with van der Waals surface area (Å²) in [6.07, 6.45) is 0.390. The molecule has 1 heterocycles. The molecule has 4 nitrogen and oxygen atoms in total. The van der Waals surface area contributed by atoms with Crippen LogP contribution in [0.4, 0.5) is 0 Å². The van der Waals surface area contributed by atoms with Gasteiger partial charge in [0.2, 0.25) is 9.84 Å². The van der Waals surface area contributed by atoms with Crippen LogP contribution in [0.2, 0.25) is 0 Å². The fourth-order valence-corrected chi connectivity index (χ4v) is 4.34. The number of ketones is 1. The van der Waals surface area contributed by atoms with E-state index in [1.165, 1.54) is 12.1 Å². The highest BCUT2D eigenvalue weighted by Crippen LogP contribution is 2.53. The van der Waals surface area contributed by atoms with E-state index in [-0.39, 0.29) is 10.7 Å². The number of rotatable bonds is 2. The topological polar surface area (TPSA) is 63.7 Å². The highest BCUT2D eigenvalue weighted by molar-refractivity contribution is 7.93. The summed E-state index contributed by atoms with van der Waals surface area (Å²) in [6, 6.07) is 6.51. The van der Waals surface area contributed by atoms with Crippen molar-refractivity contribution < 1.29 is 17.9 Å². The second-order valence-corrected chi connectivity index (χ2v) is 6.64. The van der Waals surface area contributed by atoms with Crippen LogP contribution in [-0.2, 0) is 19.4 Å². The van der Waals surface area contributed by atoms with E-state index in [9.17, 15) is 13.2 Å². The van der Waals surface area contributed by atoms with Gasteiger partial charge in [-0.05, 0) is 25.5 Å². The molecule has 1 aliphatic heterocycles. The number of carbonyl (C=O) groups excluding carboxylic acids is 1. The van der Waals surface area contributed by atoms with Gasteiger partial charge < -0.3 is 4.74 Å². The Morgan fingerprint density at radius 3 is 2.41 bits per heavy atom. The van der Waals surface area contributed by atoms with Crippen molar-refractivity contribution in [2.75, 3.05) is 0 Å². The number of benzene rings is 1. The molecule has 0 aromatic heterocycles. The summed E-state index contributed by atoms with van der Waals surface area (Å²) >= 11 is 0. The minimum atomic E-state index is -3.70. The molecule has 0 amide bonds. The average Bonchev–Trinajstić information content (AvgIpc) is 2.95. The molecule has 0 N–H and O–H groups in total. The zero-order chi connectivity index (χ0) is 12.3. The maximum atomic E-state index is 12.4. The normalized spacial score (nSPS) is 31.4. The minimum Gasteiger partial charge on any atom is -0.342 e. The molecule has 0 radical (unpaired) electrons. The van der Waals surface area contributed by atoms with E-state index in [0.29, 0.717) is 12.8 Å². The lowest BCUT2D eigenvalue weighted by molar-refractivity contribution is -0.121. The third kappa shape index (κ3) is 1.26. The Kier molecular flexibility index (Phi) is 2.04. The zero-order valence-electron chi connectivity index (χ0n) is 9.34. The van der Waals surface area contributed by atoms with Crippen LogP contribution in [0.1, 0.15) is 18.4 Å². The second kappa shape index (κ2) is 3.17. The predicted octanol–water partition coefficient (Wildman–Crippen LogP) is 1.23. The number of aryl methyl sites for hydroxylation is 1. The van der Waals surface area contributed by atoms with Crippen LogP contribution in [0.15, 0.2) is 29.2 Å². The van der Waals surface area contributed by atoms with E-state index >= 15 is 0 Å². The van der Waals surface area contributed by atoms with Crippen molar-refractivity contribution in [3.8, 4) is 0 Å². The Hall–Kier alpha value is -1.20. The van der Waals surface area contributed by atoms with Crippen molar-refractivity contribution in [2.45, 2.75) is 35.7 Å². The third-order valence-corrected chi connectivity index (χ3v) is 5.71. The minimum absolute atomic E-state index is 0.167. The third-order valence-electron chi connectivity index (χ3n) is 3.44. The van der Waals surface area contributed by atoms with E-state index in [1.54, 1.807) is 12.1 Å². The fraction of sp³-hybridized carbons (Fsp3) is 0.417. The Balaban J connectivity index is 2.09. The summed E-state index contributed by atoms with van der Waals surface area (Å²) in [6.45, 7) is 1.88. The standard InChI is InChI=1S/C12H12O4S/c1-8-2-4-9(5-3-8)17(14,15)12-10(13)6-7-11(12)16-12/h2-5,11H,6-7H2,1H3. The van der Waals surface area contributed by atoms with Crippen molar-refractivity contribution in [2.24, 2.45) is 0 Å². The molecular weight excluding hydrogens is 240 g/mol. The first-order valence-corrected chi connectivity index (χ1v) is 6.99. The molecule has 90 valence electrons. The van der Waals surface area contributed by atoms with Gasteiger partial charge in [-0.2, -0.15) is 0 Å². The molecule has 0 bridgehead atoms. The highest BCUT2D eigenvalue weighted by Gasteiger charge is 2.74. The van der Waals surface area contributed by atoms with Gasteiger partial charge >= 0.3 is 0 Å². The first-order valence-electron chi connectivity index (χ1n) is 5.51. The molecule has 3 rings (SSSR count). The predicted molar refractivity (Wildman–Crippen MR) is 60.2 cm³/mol. The van der Waals surface area contributed by atoms with Crippen LogP contribution in [0.3, 0.4) is 0 Å². The first kappa shape index (κ1) is 10.9. The van der Waals surface area contributed by atoms with Crippen molar-refractivity contribution >= 4 is 15.6 Å². The van der Waals surface area contributed by atoms with Gasteiger partial charge in [0.25, 0.3) is 4.93 Å². The lowest BCUT2D eigenvalue weighted by atomic mass is 10.2. The average molecular weight is 252 g/mol. The molecule has 1 saturated carbocycles. The SMILES string of the molecule is Cc1ccc(S(=O)(=O)C23OC2CCC3=O)cc1. The van der Waals surface area contributed by atoms with Crippen LogP contribution < -0.4 is 0 Å². The number of Topliss-reactive ketones (excluding diaryl/α,β-unsaturated/α-hetero) is 1. The van der Waals surface area contributed by atoms with E-state index in [0.717, 1.165) is 5.56 Å². The number of ether oxygens (including phenoxy) is 1. The largest absolute Gasteiger partial charge is 0.342 e. The van der Waals surface area contributed by atoms with Gasteiger partial charge in [0, 0.05) is 6.42 Å². The number of carbonyl (C=O) groups is 1. The lowest BCUT2D eigenvalue weighted by Crippen LogP contribution is -2.32. The van der Waals surface area contributed by atoms with Crippen molar-refractivity contribution in [1.29, 1.82) is 0 Å². The molecule has 0 spiro atoms. The van der Waals surface area contributed by atoms with Gasteiger partial charge in [-0.1, -0.05) is 17.7 Å². The molecule has 2 unspecified atom stereocenters. The number of epoxide rings is 1. The molecule has 2 atom stereocenters. The van der Waals surface area contributed by atoms with Crippen LogP contribution in [0, 0.1) is 6.92 Å². The Morgan fingerprint density at radius 2 is 1.94 bits per heavy atom. The molecule has 1 saturated heterocycles. The molecular formula is C12H12O4S. The molecule has 1 aliphatic carbocycles. The Morgan fingerprint density at radius 1 is 1.29 bits per heavy atom. The molecule has 2 aliphatic rings. The van der Waals surface area contributed by atoms with Crippen molar-refractivity contribution in [1.82, 2.24) is 0 Å². The number of sulfone groups is 1. The Bertz CT molecular complexity index is 587. The van der Waals surface area contributed by atoms with E-state index in [2.05, 4.69) is 0 Å². The fourth-order valence-electron chi connectivity index (χ4n) is 2.39. The summed E-state index contributed by atoms with van der Waals surface area (Å²) in [5, 5.41) is 0. The monoisotopic (exact) mass is 252 g/mol. The van der Waals surface area contributed by atoms with Gasteiger partial charge in [0.1, 0.15) is 6.10 Å². The summed E-state index contributed by atoms with van der Waals surface area (Å²) in [4.78, 5) is 10.3. The number of hydrogen-bond donors (Lipinski definition) is 0. The van der Waals surface area contributed by atoms with Gasteiger partial charge in [0.15, 0.2) is 5.78 Å². The number of fused-ring (bicyclic) bond motifs is 1. The maximum absolute atomic E-state index is 12.4. The molecule has 2 fully saturated rings. The van der Waals surface area contributed by atoms with Gasteiger partial charge in [-0.3, -0.25) is 4.79 Å². The van der Waals surface area contributed by atoms with E-state index in [1.807, 2.05) is 6.92 Å². The maximum Gasteiger partial charge on any atom is 0.258 e. The smallest absolute Gasteiger partial charge is 0.258 e. The quantitative estimate of drug-likeness (QED) is 0.742. The van der Waals surface area contributed by atoms with Gasteiger partial charge in [0.05, 0.1) is 4.90 Å². The van der Waals surface area contributed by atoms with Crippen LogP contribution >= 0.6 is 0 Å². The van der Waals surface area contributed by atoms with Crippen LogP contribution in [-0.4, -0.2) is 25.2 Å². The molecule has 1 aromatic carbocycles. The summed E-state index contributed by atoms with van der Waals surface area (Å²) < 4.78 is 29.9.